The van der Waals surface area contributed by atoms with Crippen molar-refractivity contribution in [3.8, 4) is 0 Å². The minimum absolute atomic E-state index is 0.213. The van der Waals surface area contributed by atoms with Gasteiger partial charge < -0.3 is 0 Å². The van der Waals surface area contributed by atoms with Crippen LogP contribution < -0.4 is 11.2 Å². The number of thiophene rings is 1. The Bertz CT molecular complexity index is 904. The average Bonchev–Trinajstić information content (AvgIpc) is 2.88. The van der Waals surface area contributed by atoms with E-state index in [0.29, 0.717) is 11.9 Å². The van der Waals surface area contributed by atoms with Gasteiger partial charge in [0, 0.05) is 18.5 Å². The van der Waals surface area contributed by atoms with Crippen molar-refractivity contribution in [3.05, 3.63) is 67.7 Å². The Morgan fingerprint density at radius 3 is 2.57 bits per heavy atom. The Morgan fingerprint density at radius 2 is 1.86 bits per heavy atom. The molecule has 108 valence electrons. The van der Waals surface area contributed by atoms with Crippen molar-refractivity contribution in [1.29, 1.82) is 0 Å². The molecule has 3 aromatic rings. The van der Waals surface area contributed by atoms with Gasteiger partial charge in [-0.2, -0.15) is 0 Å². The number of fused-ring (bicyclic) bond motifs is 1. The molecule has 5 heteroatoms. The molecule has 0 N–H and O–H groups in total. The lowest BCUT2D eigenvalue weighted by Gasteiger charge is -2.09. The number of aryl methyl sites for hydroxylation is 3. The molecule has 1 aromatic carbocycles. The third-order valence-corrected chi connectivity index (χ3v) is 4.67. The summed E-state index contributed by atoms with van der Waals surface area (Å²) in [5, 5.41) is 0.632. The van der Waals surface area contributed by atoms with Crippen LogP contribution in [0.2, 0.25) is 0 Å². The second kappa shape index (κ2) is 5.33. The standard InChI is InChI=1S/C16H16N2O2S/c1-11-10-13-14(19)17(2)16(20)18(15(13)21-11)9-8-12-6-4-3-5-7-12/h3-7,10H,8-9H2,1-2H3. The highest BCUT2D eigenvalue weighted by Gasteiger charge is 2.13. The maximum Gasteiger partial charge on any atom is 0.331 e. The Kier molecular flexibility index (Phi) is 3.51. The zero-order valence-electron chi connectivity index (χ0n) is 12.0. The molecule has 3 rings (SSSR count). The molecule has 0 spiro atoms. The van der Waals surface area contributed by atoms with Crippen LogP contribution in [-0.4, -0.2) is 9.13 Å². The summed E-state index contributed by atoms with van der Waals surface area (Å²) in [6.45, 7) is 2.53. The Balaban J connectivity index is 2.09. The first kappa shape index (κ1) is 13.8. The lowest BCUT2D eigenvalue weighted by Crippen LogP contribution is -2.37. The van der Waals surface area contributed by atoms with E-state index in [-0.39, 0.29) is 11.2 Å². The van der Waals surface area contributed by atoms with Crippen LogP contribution in [0, 0.1) is 6.92 Å². The highest BCUT2D eigenvalue weighted by Crippen LogP contribution is 2.21. The van der Waals surface area contributed by atoms with Gasteiger partial charge in [-0.25, -0.2) is 4.79 Å². The molecule has 0 saturated carbocycles. The summed E-state index contributed by atoms with van der Waals surface area (Å²) < 4.78 is 2.90. The molecule has 0 aliphatic rings. The molecule has 0 radical (unpaired) electrons. The van der Waals surface area contributed by atoms with Crippen LogP contribution >= 0.6 is 11.3 Å². The maximum atomic E-state index is 12.4. The van der Waals surface area contributed by atoms with Crippen molar-refractivity contribution >= 4 is 21.6 Å². The van der Waals surface area contributed by atoms with Crippen molar-refractivity contribution < 1.29 is 0 Å². The van der Waals surface area contributed by atoms with Gasteiger partial charge in [-0.15, -0.1) is 11.3 Å². The summed E-state index contributed by atoms with van der Waals surface area (Å²) in [6.07, 6.45) is 0.769. The summed E-state index contributed by atoms with van der Waals surface area (Å²) in [4.78, 5) is 26.3. The van der Waals surface area contributed by atoms with Crippen molar-refractivity contribution in [2.45, 2.75) is 19.9 Å². The third kappa shape index (κ3) is 2.45. The van der Waals surface area contributed by atoms with E-state index in [9.17, 15) is 9.59 Å². The predicted octanol–water partition coefficient (Wildman–Crippen LogP) is 2.31. The SMILES string of the molecule is Cc1cc2c(=O)n(C)c(=O)n(CCc3ccccc3)c2s1. The summed E-state index contributed by atoms with van der Waals surface area (Å²) in [7, 11) is 1.54. The van der Waals surface area contributed by atoms with Crippen LogP contribution in [0.4, 0.5) is 0 Å². The highest BCUT2D eigenvalue weighted by molar-refractivity contribution is 7.18. The van der Waals surface area contributed by atoms with Gasteiger partial charge in [-0.1, -0.05) is 30.3 Å². The molecule has 0 aliphatic heterocycles. The lowest BCUT2D eigenvalue weighted by molar-refractivity contribution is 0.628. The van der Waals surface area contributed by atoms with E-state index in [4.69, 9.17) is 0 Å². The van der Waals surface area contributed by atoms with Gasteiger partial charge in [-0.05, 0) is 25.0 Å². The largest absolute Gasteiger partial charge is 0.331 e. The molecule has 2 heterocycles. The molecule has 0 atom stereocenters. The van der Waals surface area contributed by atoms with E-state index in [2.05, 4.69) is 0 Å². The van der Waals surface area contributed by atoms with E-state index in [1.807, 2.05) is 43.3 Å². The van der Waals surface area contributed by atoms with Crippen LogP contribution in [0.15, 0.2) is 46.0 Å². The number of hydrogen-bond acceptors (Lipinski definition) is 3. The van der Waals surface area contributed by atoms with Crippen LogP contribution in [0.5, 0.6) is 0 Å². The van der Waals surface area contributed by atoms with Gasteiger partial charge in [0.15, 0.2) is 0 Å². The number of nitrogens with zero attached hydrogens (tertiary/aromatic N) is 2. The average molecular weight is 300 g/mol. The molecule has 0 bridgehead atoms. The fourth-order valence-corrected chi connectivity index (χ4v) is 3.49. The Labute approximate surface area is 125 Å². The summed E-state index contributed by atoms with van der Waals surface area (Å²) in [5.41, 5.74) is 0.722. The fraction of sp³-hybridized carbons (Fsp3) is 0.250. The smallest absolute Gasteiger partial charge is 0.284 e. The van der Waals surface area contributed by atoms with Crippen molar-refractivity contribution in [1.82, 2.24) is 9.13 Å². The van der Waals surface area contributed by atoms with E-state index >= 15 is 0 Å². The second-order valence-corrected chi connectivity index (χ2v) is 6.34. The van der Waals surface area contributed by atoms with Crippen LogP contribution in [-0.2, 0) is 20.0 Å². The molecule has 0 fully saturated rings. The molecular weight excluding hydrogens is 284 g/mol. The minimum atomic E-state index is -0.245. The van der Waals surface area contributed by atoms with Crippen molar-refractivity contribution in [3.63, 3.8) is 0 Å². The monoisotopic (exact) mass is 300 g/mol. The van der Waals surface area contributed by atoms with Crippen molar-refractivity contribution in [2.24, 2.45) is 7.05 Å². The van der Waals surface area contributed by atoms with Crippen LogP contribution in [0.1, 0.15) is 10.4 Å². The number of rotatable bonds is 3. The van der Waals surface area contributed by atoms with Gasteiger partial charge >= 0.3 is 5.69 Å². The van der Waals surface area contributed by atoms with Gasteiger partial charge in [0.25, 0.3) is 5.56 Å². The summed E-state index contributed by atoms with van der Waals surface area (Å²) in [5.74, 6) is 0. The molecule has 0 amide bonds. The number of aromatic nitrogens is 2. The van der Waals surface area contributed by atoms with E-state index in [1.54, 1.807) is 4.57 Å². The van der Waals surface area contributed by atoms with Gasteiger partial charge in [0.1, 0.15) is 4.83 Å². The predicted molar refractivity (Wildman–Crippen MR) is 86.2 cm³/mol. The molecule has 0 unspecified atom stereocenters. The Morgan fingerprint density at radius 1 is 1.14 bits per heavy atom. The normalized spacial score (nSPS) is 11.1. The molecule has 4 nitrogen and oxygen atoms in total. The molecule has 21 heavy (non-hydrogen) atoms. The minimum Gasteiger partial charge on any atom is -0.284 e. The zero-order chi connectivity index (χ0) is 15.0. The van der Waals surface area contributed by atoms with Crippen LogP contribution in [0.3, 0.4) is 0 Å². The van der Waals surface area contributed by atoms with Gasteiger partial charge in [0.2, 0.25) is 0 Å². The van der Waals surface area contributed by atoms with E-state index < -0.39 is 0 Å². The third-order valence-electron chi connectivity index (χ3n) is 3.60. The molecule has 0 saturated heterocycles. The summed E-state index contributed by atoms with van der Waals surface area (Å²) >= 11 is 1.50. The van der Waals surface area contributed by atoms with Gasteiger partial charge in [-0.3, -0.25) is 13.9 Å². The summed E-state index contributed by atoms with van der Waals surface area (Å²) in [6, 6.07) is 11.9. The van der Waals surface area contributed by atoms with E-state index in [0.717, 1.165) is 16.1 Å². The first-order valence-electron chi connectivity index (χ1n) is 6.82. The first-order chi connectivity index (χ1) is 10.1. The lowest BCUT2D eigenvalue weighted by atomic mass is 10.1. The molecule has 0 aliphatic carbocycles. The molecule has 2 aromatic heterocycles. The van der Waals surface area contributed by atoms with Crippen molar-refractivity contribution in [2.75, 3.05) is 0 Å². The zero-order valence-corrected chi connectivity index (χ0v) is 12.8. The number of hydrogen-bond donors (Lipinski definition) is 0. The molecular formula is C16H16N2O2S. The number of benzene rings is 1. The van der Waals surface area contributed by atoms with E-state index in [1.165, 1.54) is 28.5 Å². The van der Waals surface area contributed by atoms with Gasteiger partial charge in [0.05, 0.1) is 5.39 Å². The topological polar surface area (TPSA) is 44.0 Å². The fourth-order valence-electron chi connectivity index (χ4n) is 2.47. The van der Waals surface area contributed by atoms with Crippen LogP contribution in [0.25, 0.3) is 10.2 Å². The quantitative estimate of drug-likeness (QED) is 0.745. The first-order valence-corrected chi connectivity index (χ1v) is 7.63. The second-order valence-electron chi connectivity index (χ2n) is 5.11. The Hall–Kier alpha value is -2.14. The highest BCUT2D eigenvalue weighted by atomic mass is 32.1. The maximum absolute atomic E-state index is 12.4.